The second-order valence-electron chi connectivity index (χ2n) is 5.16. The molecule has 2 rings (SSSR count). The Morgan fingerprint density at radius 2 is 2.14 bits per heavy atom. The predicted molar refractivity (Wildman–Crippen MR) is 58.2 cm³/mol. The summed E-state index contributed by atoms with van der Waals surface area (Å²) in [7, 11) is 0. The highest BCUT2D eigenvalue weighted by Crippen LogP contribution is 2.39. The molecule has 14 heavy (non-hydrogen) atoms. The van der Waals surface area contributed by atoms with E-state index < -0.39 is 0 Å². The molecular formula is C12H23NO. The molecule has 0 aromatic heterocycles. The van der Waals surface area contributed by atoms with E-state index >= 15 is 0 Å². The van der Waals surface area contributed by atoms with Gasteiger partial charge in [-0.2, -0.15) is 0 Å². The summed E-state index contributed by atoms with van der Waals surface area (Å²) in [5, 5.41) is 9.80. The van der Waals surface area contributed by atoms with Gasteiger partial charge in [0.15, 0.2) is 0 Å². The molecule has 0 amide bonds. The van der Waals surface area contributed by atoms with Gasteiger partial charge in [-0.1, -0.05) is 13.3 Å². The van der Waals surface area contributed by atoms with Crippen molar-refractivity contribution >= 4 is 0 Å². The van der Waals surface area contributed by atoms with Crippen LogP contribution in [0.3, 0.4) is 0 Å². The second kappa shape index (κ2) is 4.19. The van der Waals surface area contributed by atoms with E-state index in [0.717, 1.165) is 24.9 Å². The molecule has 4 unspecified atom stereocenters. The van der Waals surface area contributed by atoms with Crippen LogP contribution in [0.2, 0.25) is 0 Å². The van der Waals surface area contributed by atoms with Gasteiger partial charge in [-0.05, 0) is 32.1 Å². The summed E-state index contributed by atoms with van der Waals surface area (Å²) >= 11 is 0. The first-order valence-corrected chi connectivity index (χ1v) is 6.14. The third-order valence-corrected chi connectivity index (χ3v) is 4.18. The average Bonchev–Trinajstić information content (AvgIpc) is 2.69. The molecule has 1 saturated carbocycles. The summed E-state index contributed by atoms with van der Waals surface area (Å²) in [6.07, 6.45) is 4.87. The van der Waals surface area contributed by atoms with Crippen molar-refractivity contribution in [2.45, 2.75) is 51.7 Å². The highest BCUT2D eigenvalue weighted by molar-refractivity contribution is 4.94. The first kappa shape index (κ1) is 10.4. The number of fused-ring (bicyclic) bond motifs is 1. The quantitative estimate of drug-likeness (QED) is 0.746. The summed E-state index contributed by atoms with van der Waals surface area (Å²) in [5.41, 5.74) is 0. The summed E-state index contributed by atoms with van der Waals surface area (Å²) in [5.74, 6) is 1.39. The van der Waals surface area contributed by atoms with Crippen LogP contribution < -0.4 is 0 Å². The number of hydrogen-bond donors (Lipinski definition) is 1. The fraction of sp³-hybridized carbons (Fsp3) is 1.00. The highest BCUT2D eigenvalue weighted by atomic mass is 16.3. The van der Waals surface area contributed by atoms with Crippen molar-refractivity contribution in [3.63, 3.8) is 0 Å². The van der Waals surface area contributed by atoms with Gasteiger partial charge in [0.1, 0.15) is 0 Å². The fourth-order valence-electron chi connectivity index (χ4n) is 3.23. The lowest BCUT2D eigenvalue weighted by Crippen LogP contribution is -2.32. The third kappa shape index (κ3) is 1.82. The van der Waals surface area contributed by atoms with E-state index in [0.29, 0.717) is 5.92 Å². The van der Waals surface area contributed by atoms with E-state index in [4.69, 9.17) is 0 Å². The minimum Gasteiger partial charge on any atom is -0.393 e. The number of aliphatic hydroxyl groups is 1. The molecule has 82 valence electrons. The van der Waals surface area contributed by atoms with Gasteiger partial charge in [-0.15, -0.1) is 0 Å². The lowest BCUT2D eigenvalue weighted by atomic mass is 10.00. The molecule has 0 radical (unpaired) electrons. The Morgan fingerprint density at radius 3 is 2.79 bits per heavy atom. The van der Waals surface area contributed by atoms with Crippen LogP contribution in [0.1, 0.15) is 39.5 Å². The summed E-state index contributed by atoms with van der Waals surface area (Å²) in [6.45, 7) is 6.97. The van der Waals surface area contributed by atoms with Gasteiger partial charge in [0.05, 0.1) is 6.10 Å². The minimum absolute atomic E-state index is 0.00109. The van der Waals surface area contributed by atoms with Crippen molar-refractivity contribution in [3.05, 3.63) is 0 Å². The van der Waals surface area contributed by atoms with E-state index in [9.17, 15) is 5.11 Å². The molecule has 1 aliphatic carbocycles. The zero-order valence-electron chi connectivity index (χ0n) is 9.45. The molecule has 1 aliphatic heterocycles. The lowest BCUT2D eigenvalue weighted by Gasteiger charge is -2.25. The van der Waals surface area contributed by atoms with Gasteiger partial charge >= 0.3 is 0 Å². The Labute approximate surface area is 87.3 Å². The molecular weight excluding hydrogens is 174 g/mol. The Kier molecular flexibility index (Phi) is 3.13. The number of rotatable bonds is 3. The topological polar surface area (TPSA) is 23.5 Å². The maximum Gasteiger partial charge on any atom is 0.0583 e. The number of hydrogen-bond acceptors (Lipinski definition) is 2. The van der Waals surface area contributed by atoms with E-state index in [1.807, 2.05) is 0 Å². The Hall–Kier alpha value is -0.0800. The Balaban J connectivity index is 1.88. The number of likely N-dealkylation sites (tertiary alicyclic amines) is 1. The van der Waals surface area contributed by atoms with Crippen LogP contribution >= 0.6 is 0 Å². The molecule has 1 saturated heterocycles. The molecule has 2 heteroatoms. The first-order chi connectivity index (χ1) is 6.72. The van der Waals surface area contributed by atoms with Gasteiger partial charge in [-0.25, -0.2) is 0 Å². The molecule has 0 bridgehead atoms. The van der Waals surface area contributed by atoms with Crippen molar-refractivity contribution in [3.8, 4) is 0 Å². The van der Waals surface area contributed by atoms with Gasteiger partial charge in [0, 0.05) is 25.0 Å². The molecule has 2 nitrogen and oxygen atoms in total. The molecule has 0 spiro atoms. The standard InChI is InChI=1S/C12H23NO/c1-3-4-9(2)13-7-10-5-6-12(14)11(10)8-13/h9-12,14H,3-8H2,1-2H3. The number of aliphatic hydroxyl groups excluding tert-OH is 1. The highest BCUT2D eigenvalue weighted by Gasteiger charge is 2.42. The zero-order chi connectivity index (χ0) is 10.1. The second-order valence-corrected chi connectivity index (χ2v) is 5.16. The zero-order valence-corrected chi connectivity index (χ0v) is 9.45. The smallest absolute Gasteiger partial charge is 0.0583 e. The van der Waals surface area contributed by atoms with Crippen molar-refractivity contribution in [1.82, 2.24) is 4.90 Å². The summed E-state index contributed by atoms with van der Waals surface area (Å²) in [6, 6.07) is 0.720. The van der Waals surface area contributed by atoms with Crippen molar-refractivity contribution in [1.29, 1.82) is 0 Å². The van der Waals surface area contributed by atoms with Crippen LogP contribution in [0.4, 0.5) is 0 Å². The number of nitrogens with zero attached hydrogens (tertiary/aromatic N) is 1. The predicted octanol–water partition coefficient (Wildman–Crippen LogP) is 1.88. The summed E-state index contributed by atoms with van der Waals surface area (Å²) < 4.78 is 0. The lowest BCUT2D eigenvalue weighted by molar-refractivity contribution is 0.118. The van der Waals surface area contributed by atoms with E-state index in [1.165, 1.54) is 25.8 Å². The molecule has 2 fully saturated rings. The van der Waals surface area contributed by atoms with Gasteiger partial charge in [-0.3, -0.25) is 4.90 Å². The van der Waals surface area contributed by atoms with Gasteiger partial charge in [0.2, 0.25) is 0 Å². The largest absolute Gasteiger partial charge is 0.393 e. The van der Waals surface area contributed by atoms with Gasteiger partial charge in [0.25, 0.3) is 0 Å². The molecule has 0 aromatic rings. The SMILES string of the molecule is CCCC(C)N1CC2CCC(O)C2C1. The molecule has 1 heterocycles. The minimum atomic E-state index is -0.00109. The molecule has 0 aromatic carbocycles. The van der Waals surface area contributed by atoms with E-state index in [2.05, 4.69) is 18.7 Å². The van der Waals surface area contributed by atoms with Crippen LogP contribution in [-0.2, 0) is 0 Å². The van der Waals surface area contributed by atoms with Crippen LogP contribution in [0.15, 0.2) is 0 Å². The van der Waals surface area contributed by atoms with Crippen molar-refractivity contribution in [2.75, 3.05) is 13.1 Å². The third-order valence-electron chi connectivity index (χ3n) is 4.18. The first-order valence-electron chi connectivity index (χ1n) is 6.14. The summed E-state index contributed by atoms with van der Waals surface area (Å²) in [4.78, 5) is 2.58. The van der Waals surface area contributed by atoms with Crippen LogP contribution in [-0.4, -0.2) is 35.2 Å². The fourth-order valence-corrected chi connectivity index (χ4v) is 3.23. The van der Waals surface area contributed by atoms with Gasteiger partial charge < -0.3 is 5.11 Å². The Bertz CT molecular complexity index is 195. The molecule has 1 N–H and O–H groups in total. The maximum atomic E-state index is 9.80. The normalized spacial score (nSPS) is 40.1. The molecule has 4 atom stereocenters. The van der Waals surface area contributed by atoms with Crippen molar-refractivity contribution in [2.24, 2.45) is 11.8 Å². The van der Waals surface area contributed by atoms with Crippen molar-refractivity contribution < 1.29 is 5.11 Å². The molecule has 2 aliphatic rings. The van der Waals surface area contributed by atoms with E-state index in [-0.39, 0.29) is 6.10 Å². The maximum absolute atomic E-state index is 9.80. The van der Waals surface area contributed by atoms with E-state index in [1.54, 1.807) is 0 Å². The van der Waals surface area contributed by atoms with Crippen LogP contribution in [0.25, 0.3) is 0 Å². The average molecular weight is 197 g/mol. The van der Waals surface area contributed by atoms with Crippen LogP contribution in [0, 0.1) is 11.8 Å². The Morgan fingerprint density at radius 1 is 1.36 bits per heavy atom. The van der Waals surface area contributed by atoms with Crippen LogP contribution in [0.5, 0.6) is 0 Å². The monoisotopic (exact) mass is 197 g/mol.